The second-order valence-electron chi connectivity index (χ2n) is 5.58. The van der Waals surface area contributed by atoms with E-state index in [1.165, 1.54) is 16.8 Å². The summed E-state index contributed by atoms with van der Waals surface area (Å²) in [5.41, 5.74) is 3.63. The molecular weight excluding hydrogens is 214 g/mol. The number of carboxylic acids is 1. The largest absolute Gasteiger partial charge is 0.481 e. The fourth-order valence-corrected chi connectivity index (χ4v) is 2.49. The molecule has 0 unspecified atom stereocenters. The summed E-state index contributed by atoms with van der Waals surface area (Å²) in [7, 11) is 0. The van der Waals surface area contributed by atoms with Crippen molar-refractivity contribution >= 4 is 11.7 Å². The first-order valence-corrected chi connectivity index (χ1v) is 6.04. The first kappa shape index (κ1) is 12.0. The molecule has 2 rings (SSSR count). The van der Waals surface area contributed by atoms with Gasteiger partial charge in [0.2, 0.25) is 0 Å². The molecule has 0 bridgehead atoms. The first-order valence-electron chi connectivity index (χ1n) is 6.04. The molecule has 0 aromatic heterocycles. The summed E-state index contributed by atoms with van der Waals surface area (Å²) in [5, 5.41) is 12.2. The van der Waals surface area contributed by atoms with Crippen LogP contribution in [0.4, 0.5) is 5.69 Å². The van der Waals surface area contributed by atoms with Crippen LogP contribution in [0.15, 0.2) is 18.2 Å². The lowest BCUT2D eigenvalue weighted by Gasteiger charge is -2.22. The molecule has 1 aliphatic heterocycles. The minimum atomic E-state index is -0.724. The fraction of sp³-hybridized carbons (Fsp3) is 0.500. The van der Waals surface area contributed by atoms with Gasteiger partial charge >= 0.3 is 5.97 Å². The molecule has 1 heterocycles. The maximum atomic E-state index is 10.8. The monoisotopic (exact) mass is 233 g/mol. The zero-order chi connectivity index (χ0) is 12.5. The van der Waals surface area contributed by atoms with Gasteiger partial charge in [0.05, 0.1) is 6.42 Å². The molecule has 0 radical (unpaired) electrons. The van der Waals surface area contributed by atoms with Crippen molar-refractivity contribution in [2.45, 2.75) is 33.1 Å². The Kier molecular flexibility index (Phi) is 3.09. The van der Waals surface area contributed by atoms with Crippen molar-refractivity contribution in [3.8, 4) is 0 Å². The molecule has 0 aliphatic carbocycles. The molecule has 0 saturated carbocycles. The Balaban J connectivity index is 2.11. The normalized spacial score (nSPS) is 14.2. The highest BCUT2D eigenvalue weighted by Crippen LogP contribution is 2.29. The van der Waals surface area contributed by atoms with Gasteiger partial charge in [0.15, 0.2) is 0 Å². The second kappa shape index (κ2) is 4.40. The molecule has 92 valence electrons. The van der Waals surface area contributed by atoms with Crippen LogP contribution in [-0.2, 0) is 17.6 Å². The van der Waals surface area contributed by atoms with Gasteiger partial charge in [-0.1, -0.05) is 26.0 Å². The van der Waals surface area contributed by atoms with Crippen molar-refractivity contribution in [3.05, 3.63) is 29.3 Å². The highest BCUT2D eigenvalue weighted by atomic mass is 16.4. The van der Waals surface area contributed by atoms with Crippen molar-refractivity contribution in [1.29, 1.82) is 0 Å². The Hall–Kier alpha value is -1.51. The van der Waals surface area contributed by atoms with E-state index in [0.29, 0.717) is 0 Å². The molecule has 3 nitrogen and oxygen atoms in total. The maximum Gasteiger partial charge on any atom is 0.303 e. The van der Waals surface area contributed by atoms with E-state index < -0.39 is 5.97 Å². The number of carboxylic acid groups (broad SMARTS) is 1. The smallest absolute Gasteiger partial charge is 0.303 e. The van der Waals surface area contributed by atoms with E-state index in [2.05, 4.69) is 23.5 Å². The van der Waals surface area contributed by atoms with Crippen LogP contribution in [-0.4, -0.2) is 17.6 Å². The number of hydrogen-bond donors (Lipinski definition) is 2. The number of hydrogen-bond acceptors (Lipinski definition) is 2. The van der Waals surface area contributed by atoms with Gasteiger partial charge in [-0.2, -0.15) is 0 Å². The summed E-state index contributed by atoms with van der Waals surface area (Å²) in [6.07, 6.45) is 2.09. The van der Waals surface area contributed by atoms with Crippen LogP contribution in [0.25, 0.3) is 0 Å². The minimum Gasteiger partial charge on any atom is -0.481 e. The predicted octanol–water partition coefficient (Wildman–Crippen LogP) is 2.70. The van der Waals surface area contributed by atoms with Crippen molar-refractivity contribution < 1.29 is 9.90 Å². The fourth-order valence-electron chi connectivity index (χ4n) is 2.49. The van der Waals surface area contributed by atoms with E-state index in [4.69, 9.17) is 5.11 Å². The van der Waals surface area contributed by atoms with Crippen LogP contribution in [0.5, 0.6) is 0 Å². The summed E-state index contributed by atoms with van der Waals surface area (Å²) >= 11 is 0. The highest BCUT2D eigenvalue weighted by Gasteiger charge is 2.23. The summed E-state index contributed by atoms with van der Waals surface area (Å²) in [6.45, 7) is 5.02. The average molecular weight is 233 g/mol. The Labute approximate surface area is 102 Å². The summed E-state index contributed by atoms with van der Waals surface area (Å²) in [4.78, 5) is 10.8. The van der Waals surface area contributed by atoms with Gasteiger partial charge in [-0.25, -0.2) is 0 Å². The molecule has 1 aliphatic rings. The van der Waals surface area contributed by atoms with Crippen molar-refractivity contribution in [1.82, 2.24) is 0 Å². The van der Waals surface area contributed by atoms with E-state index in [-0.39, 0.29) is 11.8 Å². The zero-order valence-corrected chi connectivity index (χ0v) is 10.4. The molecule has 1 aromatic rings. The molecule has 3 heteroatoms. The van der Waals surface area contributed by atoms with Gasteiger partial charge in [0.25, 0.3) is 0 Å². The van der Waals surface area contributed by atoms with E-state index in [1.54, 1.807) is 0 Å². The Morgan fingerprint density at radius 3 is 2.94 bits per heavy atom. The van der Waals surface area contributed by atoms with E-state index in [1.807, 2.05) is 13.8 Å². The van der Waals surface area contributed by atoms with Crippen LogP contribution >= 0.6 is 0 Å². The highest BCUT2D eigenvalue weighted by molar-refractivity contribution is 5.67. The van der Waals surface area contributed by atoms with Crippen molar-refractivity contribution in [3.63, 3.8) is 0 Å². The van der Waals surface area contributed by atoms with Gasteiger partial charge < -0.3 is 10.4 Å². The summed E-state index contributed by atoms with van der Waals surface area (Å²) in [5.74, 6) is -0.724. The SMILES string of the molecule is CC(C)(CC(=O)O)Cc1ccc2c(c1)CCN2. The van der Waals surface area contributed by atoms with Crippen molar-refractivity contribution in [2.75, 3.05) is 11.9 Å². The average Bonchev–Trinajstić information content (AvgIpc) is 2.61. The zero-order valence-electron chi connectivity index (χ0n) is 10.4. The van der Waals surface area contributed by atoms with Gasteiger partial charge in [0.1, 0.15) is 0 Å². The quantitative estimate of drug-likeness (QED) is 0.840. The lowest BCUT2D eigenvalue weighted by atomic mass is 9.82. The molecule has 0 fully saturated rings. The number of nitrogens with one attached hydrogen (secondary N) is 1. The number of carbonyl (C=O) groups is 1. The molecular formula is C14H19NO2. The third-order valence-corrected chi connectivity index (χ3v) is 3.19. The topological polar surface area (TPSA) is 49.3 Å². The third-order valence-electron chi connectivity index (χ3n) is 3.19. The number of anilines is 1. The maximum absolute atomic E-state index is 10.8. The summed E-state index contributed by atoms with van der Waals surface area (Å²) < 4.78 is 0. The summed E-state index contributed by atoms with van der Waals surface area (Å²) in [6, 6.07) is 6.41. The number of fused-ring (bicyclic) bond motifs is 1. The lowest BCUT2D eigenvalue weighted by Crippen LogP contribution is -2.19. The predicted molar refractivity (Wildman–Crippen MR) is 68.4 cm³/mol. The standard InChI is InChI=1S/C14H19NO2/c1-14(2,9-13(16)17)8-10-3-4-12-11(7-10)5-6-15-12/h3-4,7,15H,5-6,8-9H2,1-2H3,(H,16,17). The Morgan fingerprint density at radius 2 is 2.24 bits per heavy atom. The number of benzene rings is 1. The molecule has 2 N–H and O–H groups in total. The third kappa shape index (κ3) is 2.99. The molecule has 1 aromatic carbocycles. The Bertz CT molecular complexity index is 438. The van der Waals surface area contributed by atoms with Crippen LogP contribution in [0.2, 0.25) is 0 Å². The van der Waals surface area contributed by atoms with Gasteiger partial charge in [-0.3, -0.25) is 4.79 Å². The first-order chi connectivity index (χ1) is 7.96. The molecule has 0 atom stereocenters. The molecule has 17 heavy (non-hydrogen) atoms. The van der Waals surface area contributed by atoms with Crippen molar-refractivity contribution in [2.24, 2.45) is 5.41 Å². The molecule has 0 saturated heterocycles. The lowest BCUT2D eigenvalue weighted by molar-refractivity contribution is -0.139. The van der Waals surface area contributed by atoms with E-state index >= 15 is 0 Å². The number of rotatable bonds is 4. The van der Waals surface area contributed by atoms with Gasteiger partial charge in [-0.15, -0.1) is 0 Å². The second-order valence-corrected chi connectivity index (χ2v) is 5.58. The Morgan fingerprint density at radius 1 is 1.47 bits per heavy atom. The van der Waals surface area contributed by atoms with Gasteiger partial charge in [-0.05, 0) is 35.4 Å². The van der Waals surface area contributed by atoms with Crippen LogP contribution in [0.1, 0.15) is 31.4 Å². The minimum absolute atomic E-state index is 0.188. The van der Waals surface area contributed by atoms with Crippen LogP contribution < -0.4 is 5.32 Å². The van der Waals surface area contributed by atoms with Crippen LogP contribution in [0.3, 0.4) is 0 Å². The molecule has 0 amide bonds. The van der Waals surface area contributed by atoms with E-state index in [9.17, 15) is 4.79 Å². The number of aliphatic carboxylic acids is 1. The van der Waals surface area contributed by atoms with Gasteiger partial charge in [0, 0.05) is 12.2 Å². The molecule has 0 spiro atoms. The van der Waals surface area contributed by atoms with Crippen LogP contribution in [0, 0.1) is 5.41 Å². The van der Waals surface area contributed by atoms with E-state index in [0.717, 1.165) is 19.4 Å².